The van der Waals surface area contributed by atoms with E-state index in [0.717, 1.165) is 31.7 Å². The third kappa shape index (κ3) is 10.9. The summed E-state index contributed by atoms with van der Waals surface area (Å²) in [6.45, 7) is 9.71. The standard InChI is InChI=1S/C32H46N6O5/c1-22(2)27(28(39)32(43)33-15-16-38-19-17-37(4)18-20-38)36-29(40)23(3)34-31(42)26(21-24-11-7-5-8-12-24)35-30(41)25-13-9-6-10-14-25/h5-14,22-23,26-27,30,35,41H,15-21H2,1-4H3,(H,33,43)(H,34,42)(H,36,40)/t23-,26?,27-,30?/m0/s1. The Hall–Kier alpha value is -3.64. The average Bonchev–Trinajstić information content (AvgIpc) is 3.00. The lowest BCUT2D eigenvalue weighted by Gasteiger charge is -2.32. The molecule has 2 unspecified atom stereocenters. The number of ketones is 1. The van der Waals surface area contributed by atoms with Gasteiger partial charge in [0.1, 0.15) is 12.3 Å². The highest BCUT2D eigenvalue weighted by Gasteiger charge is 2.32. The van der Waals surface area contributed by atoms with Crippen molar-refractivity contribution in [1.29, 1.82) is 0 Å². The SMILES string of the molecule is CC(C)[C@H](NC(=O)[C@H](C)NC(=O)C(Cc1ccccc1)NC(O)c1ccccc1)C(=O)C(=O)NCCN1CCN(C)CC1. The minimum Gasteiger partial charge on any atom is -0.374 e. The number of aliphatic hydroxyl groups is 1. The number of hydrogen-bond donors (Lipinski definition) is 5. The van der Waals surface area contributed by atoms with Crippen LogP contribution in [0.3, 0.4) is 0 Å². The second-order valence-electron chi connectivity index (χ2n) is 11.4. The second-order valence-corrected chi connectivity index (χ2v) is 11.4. The average molecular weight is 595 g/mol. The predicted octanol–water partition coefficient (Wildman–Crippen LogP) is 0.457. The molecule has 1 aliphatic heterocycles. The fourth-order valence-corrected chi connectivity index (χ4v) is 4.82. The van der Waals surface area contributed by atoms with Crippen LogP contribution in [0, 0.1) is 5.92 Å². The first-order chi connectivity index (χ1) is 20.5. The van der Waals surface area contributed by atoms with Gasteiger partial charge in [0.2, 0.25) is 17.6 Å². The van der Waals surface area contributed by atoms with E-state index in [2.05, 4.69) is 38.1 Å². The topological polar surface area (TPSA) is 143 Å². The van der Waals surface area contributed by atoms with Crippen LogP contribution in [0.1, 0.15) is 38.1 Å². The molecule has 0 radical (unpaired) electrons. The van der Waals surface area contributed by atoms with Crippen molar-refractivity contribution < 1.29 is 24.3 Å². The highest BCUT2D eigenvalue weighted by molar-refractivity contribution is 6.38. The Labute approximate surface area is 254 Å². The molecule has 1 saturated heterocycles. The maximum atomic E-state index is 13.4. The Morgan fingerprint density at radius 1 is 0.837 bits per heavy atom. The molecule has 3 rings (SSSR count). The van der Waals surface area contributed by atoms with Gasteiger partial charge in [-0.2, -0.15) is 0 Å². The first-order valence-electron chi connectivity index (χ1n) is 14.9. The summed E-state index contributed by atoms with van der Waals surface area (Å²) in [6, 6.07) is 15.3. The zero-order chi connectivity index (χ0) is 31.4. The molecule has 11 nitrogen and oxygen atoms in total. The van der Waals surface area contributed by atoms with Gasteiger partial charge in [0.05, 0.1) is 12.1 Å². The maximum absolute atomic E-state index is 13.4. The van der Waals surface area contributed by atoms with Crippen molar-refractivity contribution in [1.82, 2.24) is 31.1 Å². The molecular weight excluding hydrogens is 548 g/mol. The van der Waals surface area contributed by atoms with Crippen molar-refractivity contribution in [3.8, 4) is 0 Å². The first kappa shape index (κ1) is 33.9. The van der Waals surface area contributed by atoms with Crippen LogP contribution in [-0.2, 0) is 25.6 Å². The normalized spacial score (nSPS) is 17.0. The van der Waals surface area contributed by atoms with Crippen molar-refractivity contribution in [3.63, 3.8) is 0 Å². The van der Waals surface area contributed by atoms with Crippen molar-refractivity contribution in [3.05, 3.63) is 71.8 Å². The molecule has 5 N–H and O–H groups in total. The van der Waals surface area contributed by atoms with Crippen LogP contribution in [0.15, 0.2) is 60.7 Å². The first-order valence-corrected chi connectivity index (χ1v) is 14.9. The minimum absolute atomic E-state index is 0.270. The number of carbonyl (C=O) groups is 4. The van der Waals surface area contributed by atoms with Crippen molar-refractivity contribution in [2.45, 2.75) is 51.5 Å². The number of piperazine rings is 1. The molecule has 234 valence electrons. The van der Waals surface area contributed by atoms with E-state index in [1.54, 1.807) is 38.1 Å². The summed E-state index contributed by atoms with van der Waals surface area (Å²) in [5, 5.41) is 21.7. The van der Waals surface area contributed by atoms with E-state index in [9.17, 15) is 24.3 Å². The molecule has 1 fully saturated rings. The van der Waals surface area contributed by atoms with Gasteiger partial charge in [-0.25, -0.2) is 0 Å². The number of benzene rings is 2. The molecule has 3 amide bonds. The van der Waals surface area contributed by atoms with Crippen LogP contribution >= 0.6 is 0 Å². The second kappa shape index (κ2) is 16.9. The Balaban J connectivity index is 1.57. The van der Waals surface area contributed by atoms with Gasteiger partial charge in [-0.1, -0.05) is 74.5 Å². The highest BCUT2D eigenvalue weighted by Crippen LogP contribution is 2.13. The quantitative estimate of drug-likeness (QED) is 0.148. The van der Waals surface area contributed by atoms with E-state index >= 15 is 0 Å². The summed E-state index contributed by atoms with van der Waals surface area (Å²) in [5.41, 5.74) is 1.47. The van der Waals surface area contributed by atoms with Crippen LogP contribution in [-0.4, -0.2) is 103 Å². The number of carbonyl (C=O) groups excluding carboxylic acids is 4. The number of amides is 3. The summed E-state index contributed by atoms with van der Waals surface area (Å²) in [7, 11) is 2.07. The van der Waals surface area contributed by atoms with E-state index in [-0.39, 0.29) is 12.3 Å². The fourth-order valence-electron chi connectivity index (χ4n) is 4.82. The van der Waals surface area contributed by atoms with Crippen LogP contribution in [0.5, 0.6) is 0 Å². The molecule has 0 saturated carbocycles. The Kier molecular flexibility index (Phi) is 13.3. The van der Waals surface area contributed by atoms with Gasteiger partial charge in [0.15, 0.2) is 0 Å². The number of rotatable bonds is 15. The van der Waals surface area contributed by atoms with Gasteiger partial charge in [-0.05, 0) is 37.4 Å². The highest BCUT2D eigenvalue weighted by atomic mass is 16.3. The third-order valence-corrected chi connectivity index (χ3v) is 7.61. The predicted molar refractivity (Wildman–Crippen MR) is 165 cm³/mol. The molecule has 0 aromatic heterocycles. The van der Waals surface area contributed by atoms with Crippen LogP contribution in [0.2, 0.25) is 0 Å². The molecule has 4 atom stereocenters. The molecule has 11 heteroatoms. The molecule has 2 aromatic carbocycles. The van der Waals surface area contributed by atoms with E-state index in [1.807, 2.05) is 36.4 Å². The van der Waals surface area contributed by atoms with Gasteiger partial charge in [-0.3, -0.25) is 29.4 Å². The zero-order valence-electron chi connectivity index (χ0n) is 25.6. The van der Waals surface area contributed by atoms with E-state index in [1.165, 1.54) is 6.92 Å². The summed E-state index contributed by atoms with van der Waals surface area (Å²) >= 11 is 0. The zero-order valence-corrected chi connectivity index (χ0v) is 25.6. The number of nitrogens with one attached hydrogen (secondary N) is 4. The molecular formula is C32H46N6O5. The number of hydrogen-bond acceptors (Lipinski definition) is 8. The van der Waals surface area contributed by atoms with E-state index in [0.29, 0.717) is 18.7 Å². The molecule has 0 spiro atoms. The van der Waals surface area contributed by atoms with Gasteiger partial charge in [0, 0.05) is 39.3 Å². The van der Waals surface area contributed by atoms with Gasteiger partial charge >= 0.3 is 0 Å². The Bertz CT molecular complexity index is 1190. The number of likely N-dealkylation sites (N-methyl/N-ethyl adjacent to an activating group) is 1. The number of Topliss-reactive ketones (excluding diaryl/α,β-unsaturated/α-hetero) is 1. The molecule has 0 aliphatic carbocycles. The number of aliphatic hydroxyl groups excluding tert-OH is 1. The molecule has 1 aliphatic rings. The smallest absolute Gasteiger partial charge is 0.289 e. The number of nitrogens with zero attached hydrogens (tertiary/aromatic N) is 2. The summed E-state index contributed by atoms with van der Waals surface area (Å²) in [5.74, 6) is -2.90. The maximum Gasteiger partial charge on any atom is 0.289 e. The lowest BCUT2D eigenvalue weighted by atomic mass is 9.98. The molecule has 1 heterocycles. The van der Waals surface area contributed by atoms with E-state index < -0.39 is 47.9 Å². The van der Waals surface area contributed by atoms with Crippen molar-refractivity contribution >= 4 is 23.5 Å². The molecule has 43 heavy (non-hydrogen) atoms. The van der Waals surface area contributed by atoms with Gasteiger partial charge < -0.3 is 26.0 Å². The van der Waals surface area contributed by atoms with Crippen LogP contribution in [0.4, 0.5) is 0 Å². The largest absolute Gasteiger partial charge is 0.374 e. The van der Waals surface area contributed by atoms with Gasteiger partial charge in [-0.15, -0.1) is 0 Å². The molecule has 2 aromatic rings. The summed E-state index contributed by atoms with van der Waals surface area (Å²) in [4.78, 5) is 56.6. The van der Waals surface area contributed by atoms with Crippen LogP contribution < -0.4 is 21.3 Å². The Morgan fingerprint density at radius 2 is 1.44 bits per heavy atom. The lowest BCUT2D eigenvalue weighted by Crippen LogP contribution is -2.57. The molecule has 0 bridgehead atoms. The summed E-state index contributed by atoms with van der Waals surface area (Å²) < 4.78 is 0. The van der Waals surface area contributed by atoms with Crippen LogP contribution in [0.25, 0.3) is 0 Å². The van der Waals surface area contributed by atoms with E-state index in [4.69, 9.17) is 0 Å². The summed E-state index contributed by atoms with van der Waals surface area (Å²) in [6.07, 6.45) is -0.839. The van der Waals surface area contributed by atoms with Crippen molar-refractivity contribution in [2.75, 3.05) is 46.3 Å². The lowest BCUT2D eigenvalue weighted by molar-refractivity contribution is -0.141. The van der Waals surface area contributed by atoms with Gasteiger partial charge in [0.25, 0.3) is 5.91 Å². The minimum atomic E-state index is -1.11. The van der Waals surface area contributed by atoms with Crippen molar-refractivity contribution in [2.24, 2.45) is 5.92 Å². The monoisotopic (exact) mass is 594 g/mol. The Morgan fingerprint density at radius 3 is 2.05 bits per heavy atom. The fraction of sp³-hybridized carbons (Fsp3) is 0.500. The third-order valence-electron chi connectivity index (χ3n) is 7.61.